The largest absolute Gasteiger partial charge is 0.336 e. The Morgan fingerprint density at radius 1 is 1.45 bits per heavy atom. The number of para-hydroxylation sites is 1. The van der Waals surface area contributed by atoms with Gasteiger partial charge >= 0.3 is 0 Å². The van der Waals surface area contributed by atoms with Crippen LogP contribution in [-0.2, 0) is 13.0 Å². The summed E-state index contributed by atoms with van der Waals surface area (Å²) in [6.07, 6.45) is 0.631. The molecule has 116 valence electrons. The Morgan fingerprint density at radius 3 is 2.86 bits per heavy atom. The first-order valence-corrected chi connectivity index (χ1v) is 7.53. The topological polar surface area (TPSA) is 102 Å². The number of nitro benzene ring substituents is 1. The second kappa shape index (κ2) is 7.10. The number of hydrogen-bond acceptors (Lipinski definition) is 6. The van der Waals surface area contributed by atoms with Gasteiger partial charge in [0.1, 0.15) is 5.69 Å². The van der Waals surface area contributed by atoms with Crippen LogP contribution in [0, 0.1) is 10.1 Å². The van der Waals surface area contributed by atoms with Gasteiger partial charge in [0.2, 0.25) is 0 Å². The van der Waals surface area contributed by atoms with Crippen molar-refractivity contribution in [3.8, 4) is 0 Å². The van der Waals surface area contributed by atoms with Crippen LogP contribution < -0.4 is 5.73 Å². The van der Waals surface area contributed by atoms with Crippen LogP contribution in [0.1, 0.15) is 21.1 Å². The van der Waals surface area contributed by atoms with Crippen LogP contribution in [0.5, 0.6) is 0 Å². The first-order valence-electron chi connectivity index (χ1n) is 6.65. The van der Waals surface area contributed by atoms with E-state index in [9.17, 15) is 14.9 Å². The summed E-state index contributed by atoms with van der Waals surface area (Å²) in [7, 11) is 1.60. The second-order valence-electron chi connectivity index (χ2n) is 4.71. The van der Waals surface area contributed by atoms with Gasteiger partial charge in [0.15, 0.2) is 0 Å². The Hall–Kier alpha value is -2.32. The molecule has 0 spiro atoms. The molecule has 0 bridgehead atoms. The first-order chi connectivity index (χ1) is 10.5. The van der Waals surface area contributed by atoms with Crippen LogP contribution in [0.15, 0.2) is 29.6 Å². The summed E-state index contributed by atoms with van der Waals surface area (Å²) >= 11 is 1.39. The molecular formula is C14H16N4O3S. The predicted octanol–water partition coefficient (Wildman–Crippen LogP) is 1.82. The second-order valence-corrected chi connectivity index (χ2v) is 5.65. The molecule has 0 atom stereocenters. The molecule has 2 rings (SSSR count). The molecule has 8 heteroatoms. The number of thiazole rings is 1. The number of nitrogens with zero attached hydrogens (tertiary/aromatic N) is 3. The van der Waals surface area contributed by atoms with E-state index >= 15 is 0 Å². The molecule has 0 fully saturated rings. The third kappa shape index (κ3) is 3.66. The predicted molar refractivity (Wildman–Crippen MR) is 83.8 cm³/mol. The number of nitrogens with two attached hydrogens (primary N) is 1. The van der Waals surface area contributed by atoms with Crippen molar-refractivity contribution < 1.29 is 9.72 Å². The summed E-state index contributed by atoms with van der Waals surface area (Å²) in [6, 6.07) is 6.38. The van der Waals surface area contributed by atoms with Crippen molar-refractivity contribution in [2.75, 3.05) is 13.6 Å². The smallest absolute Gasteiger partial charge is 0.274 e. The minimum Gasteiger partial charge on any atom is -0.336 e. The Bertz CT molecular complexity index is 686. The summed E-state index contributed by atoms with van der Waals surface area (Å²) < 4.78 is 0. The molecule has 0 aliphatic rings. The van der Waals surface area contributed by atoms with Crippen LogP contribution in [0.2, 0.25) is 0 Å². The lowest BCUT2D eigenvalue weighted by Crippen LogP contribution is -2.26. The summed E-state index contributed by atoms with van der Waals surface area (Å²) in [5.74, 6) is -0.266. The van der Waals surface area contributed by atoms with E-state index < -0.39 is 4.92 Å². The van der Waals surface area contributed by atoms with Gasteiger partial charge in [0.05, 0.1) is 16.5 Å². The van der Waals surface area contributed by atoms with Crippen molar-refractivity contribution in [1.82, 2.24) is 9.88 Å². The number of amides is 1. The van der Waals surface area contributed by atoms with Crippen LogP contribution in [0.4, 0.5) is 5.69 Å². The van der Waals surface area contributed by atoms with E-state index in [1.807, 2.05) is 0 Å². The van der Waals surface area contributed by atoms with Crippen LogP contribution in [0.3, 0.4) is 0 Å². The highest BCUT2D eigenvalue weighted by Crippen LogP contribution is 2.20. The minimum absolute atomic E-state index is 0.00393. The monoisotopic (exact) mass is 320 g/mol. The van der Waals surface area contributed by atoms with Gasteiger partial charge in [-0.05, 0) is 6.54 Å². The zero-order valence-electron chi connectivity index (χ0n) is 12.1. The van der Waals surface area contributed by atoms with E-state index in [-0.39, 0.29) is 18.1 Å². The first kappa shape index (κ1) is 16.1. The SMILES string of the molecule is CN(Cc1ccccc1[N+](=O)[O-])C(=O)c1csc(CCN)n1. The van der Waals surface area contributed by atoms with Crippen LogP contribution in [-0.4, -0.2) is 34.3 Å². The van der Waals surface area contributed by atoms with Crippen molar-refractivity contribution in [2.45, 2.75) is 13.0 Å². The maximum Gasteiger partial charge on any atom is 0.274 e. The van der Waals surface area contributed by atoms with Crippen LogP contribution >= 0.6 is 11.3 Å². The molecule has 0 aliphatic carbocycles. The van der Waals surface area contributed by atoms with Crippen molar-refractivity contribution in [2.24, 2.45) is 5.73 Å². The Kier molecular flexibility index (Phi) is 5.18. The van der Waals surface area contributed by atoms with Gasteiger partial charge < -0.3 is 10.6 Å². The molecule has 1 amide bonds. The lowest BCUT2D eigenvalue weighted by molar-refractivity contribution is -0.385. The van der Waals surface area contributed by atoms with E-state index in [0.29, 0.717) is 24.2 Å². The van der Waals surface area contributed by atoms with Gasteiger partial charge in [-0.2, -0.15) is 0 Å². The fourth-order valence-electron chi connectivity index (χ4n) is 1.99. The van der Waals surface area contributed by atoms with Gasteiger partial charge in [-0.3, -0.25) is 14.9 Å². The molecule has 2 N–H and O–H groups in total. The number of carbonyl (C=O) groups is 1. The molecule has 0 radical (unpaired) electrons. The highest BCUT2D eigenvalue weighted by molar-refractivity contribution is 7.09. The number of carbonyl (C=O) groups excluding carboxylic acids is 1. The fraction of sp³-hybridized carbons (Fsp3) is 0.286. The third-order valence-electron chi connectivity index (χ3n) is 3.07. The lowest BCUT2D eigenvalue weighted by atomic mass is 10.1. The molecule has 0 aliphatic heterocycles. The highest BCUT2D eigenvalue weighted by atomic mass is 32.1. The highest BCUT2D eigenvalue weighted by Gasteiger charge is 2.19. The normalized spacial score (nSPS) is 10.5. The number of aromatic nitrogens is 1. The van der Waals surface area contributed by atoms with Gasteiger partial charge in [-0.15, -0.1) is 11.3 Å². The molecular weight excluding hydrogens is 304 g/mol. The number of benzene rings is 1. The number of rotatable bonds is 6. The lowest BCUT2D eigenvalue weighted by Gasteiger charge is -2.15. The average Bonchev–Trinajstić information content (AvgIpc) is 2.95. The maximum atomic E-state index is 12.3. The number of hydrogen-bond donors (Lipinski definition) is 1. The van der Waals surface area contributed by atoms with Crippen molar-refractivity contribution in [3.05, 3.63) is 56.0 Å². The quantitative estimate of drug-likeness (QED) is 0.646. The van der Waals surface area contributed by atoms with Crippen LogP contribution in [0.25, 0.3) is 0 Å². The Balaban J connectivity index is 2.13. The molecule has 1 aromatic carbocycles. The molecule has 7 nitrogen and oxygen atoms in total. The summed E-state index contributed by atoms with van der Waals surface area (Å²) in [4.78, 5) is 28.5. The molecule has 0 saturated heterocycles. The summed E-state index contributed by atoms with van der Waals surface area (Å²) in [6.45, 7) is 0.632. The summed E-state index contributed by atoms with van der Waals surface area (Å²) in [5.41, 5.74) is 6.29. The molecule has 1 aromatic heterocycles. The zero-order chi connectivity index (χ0) is 16.1. The Labute approximate surface area is 131 Å². The van der Waals surface area contributed by atoms with Crippen molar-refractivity contribution >= 4 is 22.9 Å². The van der Waals surface area contributed by atoms with E-state index in [1.165, 1.54) is 22.3 Å². The van der Waals surface area contributed by atoms with Gasteiger partial charge in [0.25, 0.3) is 11.6 Å². The van der Waals surface area contributed by atoms with Crippen molar-refractivity contribution in [1.29, 1.82) is 0 Å². The molecule has 22 heavy (non-hydrogen) atoms. The van der Waals surface area contributed by atoms with Crippen molar-refractivity contribution in [3.63, 3.8) is 0 Å². The standard InChI is InChI=1S/C14H16N4O3S/c1-17(8-10-4-2-3-5-12(10)18(20)21)14(19)11-9-22-13(16-11)6-7-15/h2-5,9H,6-8,15H2,1H3. The summed E-state index contributed by atoms with van der Waals surface area (Å²) in [5, 5.41) is 13.5. The molecule has 2 aromatic rings. The van der Waals surface area contributed by atoms with Gasteiger partial charge in [-0.25, -0.2) is 4.98 Å². The fourth-order valence-corrected chi connectivity index (χ4v) is 2.78. The van der Waals surface area contributed by atoms with Gasteiger partial charge in [0, 0.05) is 30.5 Å². The van der Waals surface area contributed by atoms with E-state index in [2.05, 4.69) is 4.98 Å². The maximum absolute atomic E-state index is 12.3. The van der Waals surface area contributed by atoms with E-state index in [0.717, 1.165) is 5.01 Å². The molecule has 0 saturated carbocycles. The number of nitro groups is 1. The van der Waals surface area contributed by atoms with Gasteiger partial charge in [-0.1, -0.05) is 18.2 Å². The average molecular weight is 320 g/mol. The molecule has 0 unspecified atom stereocenters. The Morgan fingerprint density at radius 2 is 2.18 bits per heavy atom. The molecule has 1 heterocycles. The van der Waals surface area contributed by atoms with E-state index in [1.54, 1.807) is 30.6 Å². The third-order valence-corrected chi connectivity index (χ3v) is 3.98. The van der Waals surface area contributed by atoms with E-state index in [4.69, 9.17) is 5.73 Å². The zero-order valence-corrected chi connectivity index (χ0v) is 12.9. The minimum atomic E-state index is -0.449.